The van der Waals surface area contributed by atoms with Crippen molar-refractivity contribution in [1.29, 1.82) is 0 Å². The van der Waals surface area contributed by atoms with Crippen molar-refractivity contribution < 1.29 is 21.6 Å². The number of hydrogen-bond acceptors (Lipinski definition) is 6. The normalized spacial score (nSPS) is 11.5. The topological polar surface area (TPSA) is 126 Å². The predicted molar refractivity (Wildman–Crippen MR) is 148 cm³/mol. The molecule has 0 bridgehead atoms. The lowest BCUT2D eigenvalue weighted by atomic mass is 10.3. The van der Waals surface area contributed by atoms with Gasteiger partial charge in [-0.3, -0.25) is 13.8 Å². The van der Waals surface area contributed by atoms with Gasteiger partial charge in [0.15, 0.2) is 0 Å². The Balaban J connectivity index is 1.56. The molecule has 9 nitrogen and oxygen atoms in total. The largest absolute Gasteiger partial charge is 0.325 e. The molecule has 4 aromatic rings. The quantitative estimate of drug-likeness (QED) is 0.282. The Morgan fingerprint density at radius 3 is 2.13 bits per heavy atom. The second-order valence-corrected chi connectivity index (χ2v) is 12.1. The first-order valence-electron chi connectivity index (χ1n) is 10.9. The fraction of sp³-hybridized carbons (Fsp3) is 0.0400. The maximum Gasteiger partial charge on any atom is 0.264 e. The van der Waals surface area contributed by atoms with Crippen molar-refractivity contribution in [2.45, 2.75) is 9.79 Å². The van der Waals surface area contributed by atoms with Gasteiger partial charge in [-0.1, -0.05) is 53.5 Å². The zero-order valence-corrected chi connectivity index (χ0v) is 22.6. The van der Waals surface area contributed by atoms with E-state index in [1.165, 1.54) is 66.9 Å². The van der Waals surface area contributed by atoms with E-state index >= 15 is 0 Å². The lowest BCUT2D eigenvalue weighted by molar-refractivity contribution is -0.114. The van der Waals surface area contributed by atoms with Crippen molar-refractivity contribution >= 4 is 66.3 Å². The Bertz CT molecular complexity index is 1650. The summed E-state index contributed by atoms with van der Waals surface area (Å²) < 4.78 is 55.3. The van der Waals surface area contributed by atoms with Crippen molar-refractivity contribution in [2.75, 3.05) is 20.9 Å². The van der Waals surface area contributed by atoms with Crippen LogP contribution in [-0.2, 0) is 24.8 Å². The minimum Gasteiger partial charge on any atom is -0.325 e. The van der Waals surface area contributed by atoms with Gasteiger partial charge in [0.1, 0.15) is 12.4 Å². The van der Waals surface area contributed by atoms with Gasteiger partial charge in [-0.05, 0) is 60.7 Å². The highest BCUT2D eigenvalue weighted by Gasteiger charge is 2.29. The number of halogens is 2. The van der Waals surface area contributed by atoms with E-state index in [9.17, 15) is 21.6 Å². The second-order valence-electron chi connectivity index (χ2n) is 7.79. The number of carbonyl (C=O) groups is 1. The molecule has 0 saturated heterocycles. The van der Waals surface area contributed by atoms with Crippen molar-refractivity contribution in [3.63, 3.8) is 0 Å². The number of carbonyl (C=O) groups excluding carboxylic acids is 1. The summed E-state index contributed by atoms with van der Waals surface area (Å²) in [4.78, 5) is 16.8. The number of anilines is 3. The molecule has 0 atom stereocenters. The number of pyridine rings is 1. The Morgan fingerprint density at radius 2 is 1.47 bits per heavy atom. The SMILES string of the molecule is O=C(CN(c1cccc(Cl)c1Cl)S(=O)(=O)c1ccccc1)Nc1ccc(S(=O)(=O)Nc2ccccn2)cc1. The summed E-state index contributed by atoms with van der Waals surface area (Å²) >= 11 is 12.4. The standard InChI is InChI=1S/C25H20Cl2N4O5S2/c26-21-9-6-10-22(25(21)27)31(38(35,36)20-7-2-1-3-8-20)17-24(32)29-18-12-14-19(15-13-18)37(33,34)30-23-11-4-5-16-28-23/h1-16H,17H2,(H,28,30)(H,29,32). The highest BCUT2D eigenvalue weighted by Crippen LogP contribution is 2.35. The molecule has 38 heavy (non-hydrogen) atoms. The van der Waals surface area contributed by atoms with Gasteiger partial charge in [-0.25, -0.2) is 21.8 Å². The molecule has 2 N–H and O–H groups in total. The molecule has 0 spiro atoms. The maximum absolute atomic E-state index is 13.5. The number of nitrogens with one attached hydrogen (secondary N) is 2. The predicted octanol–water partition coefficient (Wildman–Crippen LogP) is 5.02. The van der Waals surface area contributed by atoms with Crippen LogP contribution in [-0.4, -0.2) is 34.3 Å². The van der Waals surface area contributed by atoms with Crippen molar-refractivity contribution in [3.8, 4) is 0 Å². The van der Waals surface area contributed by atoms with E-state index in [4.69, 9.17) is 23.2 Å². The van der Waals surface area contributed by atoms with Crippen molar-refractivity contribution in [3.05, 3.63) is 107 Å². The van der Waals surface area contributed by atoms with E-state index in [1.54, 1.807) is 30.3 Å². The molecule has 0 radical (unpaired) electrons. The van der Waals surface area contributed by atoms with Crippen LogP contribution in [0.5, 0.6) is 0 Å². The number of sulfonamides is 2. The average molecular weight is 591 g/mol. The van der Waals surface area contributed by atoms with E-state index in [0.717, 1.165) is 4.31 Å². The molecule has 0 fully saturated rings. The second kappa shape index (κ2) is 11.4. The number of hydrogen-bond donors (Lipinski definition) is 2. The molecule has 4 rings (SSSR count). The summed E-state index contributed by atoms with van der Waals surface area (Å²) in [6.45, 7) is -0.626. The van der Waals surface area contributed by atoms with E-state index in [1.807, 2.05) is 0 Å². The van der Waals surface area contributed by atoms with Crippen LogP contribution >= 0.6 is 23.2 Å². The van der Waals surface area contributed by atoms with E-state index in [2.05, 4.69) is 15.0 Å². The van der Waals surface area contributed by atoms with Crippen molar-refractivity contribution in [2.24, 2.45) is 0 Å². The van der Waals surface area contributed by atoms with Crippen LogP contribution in [0, 0.1) is 0 Å². The molecular weight excluding hydrogens is 571 g/mol. The van der Waals surface area contributed by atoms with E-state index < -0.39 is 32.5 Å². The third-order valence-corrected chi connectivity index (χ3v) is 9.12. The molecule has 0 aliphatic heterocycles. The smallest absolute Gasteiger partial charge is 0.264 e. The summed E-state index contributed by atoms with van der Waals surface area (Å²) in [5.74, 6) is -0.535. The number of amides is 1. The average Bonchev–Trinajstić information content (AvgIpc) is 2.90. The monoisotopic (exact) mass is 590 g/mol. The van der Waals surface area contributed by atoms with E-state index in [0.29, 0.717) is 0 Å². The minimum absolute atomic E-state index is 0.0280. The molecule has 13 heteroatoms. The fourth-order valence-corrected chi connectivity index (χ4v) is 6.28. The third kappa shape index (κ3) is 6.25. The van der Waals surface area contributed by atoms with Gasteiger partial charge >= 0.3 is 0 Å². The summed E-state index contributed by atoms with van der Waals surface area (Å²) in [5, 5.41) is 2.67. The molecule has 0 saturated carbocycles. The number of rotatable bonds is 9. The molecule has 3 aromatic carbocycles. The van der Waals surface area contributed by atoms with Crippen LogP contribution in [0.2, 0.25) is 10.0 Å². The van der Waals surface area contributed by atoms with E-state index in [-0.39, 0.29) is 37.0 Å². The van der Waals surface area contributed by atoms with Gasteiger partial charge in [-0.2, -0.15) is 0 Å². The molecule has 0 unspecified atom stereocenters. The summed E-state index contributed by atoms with van der Waals surface area (Å²) in [6, 6.07) is 22.2. The Kier molecular flexibility index (Phi) is 8.22. The van der Waals surface area contributed by atoms with Gasteiger partial charge in [-0.15, -0.1) is 0 Å². The van der Waals surface area contributed by atoms with Crippen LogP contribution in [0.25, 0.3) is 0 Å². The number of nitrogens with zero attached hydrogens (tertiary/aromatic N) is 2. The van der Waals surface area contributed by atoms with Gasteiger partial charge in [0.25, 0.3) is 20.0 Å². The highest BCUT2D eigenvalue weighted by molar-refractivity contribution is 7.93. The molecule has 0 aliphatic rings. The van der Waals surface area contributed by atoms with Crippen LogP contribution in [0.15, 0.2) is 107 Å². The Hall–Kier alpha value is -3.64. The zero-order valence-electron chi connectivity index (χ0n) is 19.5. The van der Waals surface area contributed by atoms with Crippen LogP contribution in [0.1, 0.15) is 0 Å². The minimum atomic E-state index is -4.20. The van der Waals surface area contributed by atoms with Crippen LogP contribution < -0.4 is 14.3 Å². The molecule has 0 aliphatic carbocycles. The summed E-state index contributed by atoms with van der Waals surface area (Å²) in [6.07, 6.45) is 1.45. The lowest BCUT2D eigenvalue weighted by Gasteiger charge is -2.25. The van der Waals surface area contributed by atoms with Crippen molar-refractivity contribution in [1.82, 2.24) is 4.98 Å². The van der Waals surface area contributed by atoms with Crippen LogP contribution in [0.4, 0.5) is 17.2 Å². The fourth-order valence-electron chi connectivity index (χ4n) is 3.37. The molecular formula is C25H20Cl2N4O5S2. The van der Waals surface area contributed by atoms with Gasteiger partial charge < -0.3 is 5.32 Å². The zero-order chi connectivity index (χ0) is 27.3. The van der Waals surface area contributed by atoms with Gasteiger partial charge in [0.05, 0.1) is 25.5 Å². The molecule has 1 heterocycles. The first-order chi connectivity index (χ1) is 18.1. The van der Waals surface area contributed by atoms with Gasteiger partial charge in [0.2, 0.25) is 5.91 Å². The van der Waals surface area contributed by atoms with Crippen LogP contribution in [0.3, 0.4) is 0 Å². The highest BCUT2D eigenvalue weighted by atomic mass is 35.5. The third-order valence-electron chi connectivity index (χ3n) is 5.17. The number of benzene rings is 3. The summed E-state index contributed by atoms with van der Waals surface area (Å²) in [5.41, 5.74) is 0.279. The number of aromatic nitrogens is 1. The Labute approximate surface area is 230 Å². The first-order valence-corrected chi connectivity index (χ1v) is 14.6. The Morgan fingerprint density at radius 1 is 0.789 bits per heavy atom. The molecule has 1 aromatic heterocycles. The lowest BCUT2D eigenvalue weighted by Crippen LogP contribution is -2.38. The summed E-state index contributed by atoms with van der Waals surface area (Å²) in [7, 11) is -8.11. The molecule has 1 amide bonds. The van der Waals surface area contributed by atoms with Gasteiger partial charge in [0, 0.05) is 11.9 Å². The first kappa shape index (κ1) is 27.4. The molecule has 196 valence electrons. The maximum atomic E-state index is 13.5.